The summed E-state index contributed by atoms with van der Waals surface area (Å²) in [5, 5.41) is 22.1. The fourth-order valence-corrected chi connectivity index (χ4v) is 2.94. The average Bonchev–Trinajstić information content (AvgIpc) is 3.18. The van der Waals surface area contributed by atoms with Gasteiger partial charge in [-0.25, -0.2) is 4.68 Å². The van der Waals surface area contributed by atoms with E-state index in [0.29, 0.717) is 22.8 Å². The second kappa shape index (κ2) is 8.11. The van der Waals surface area contributed by atoms with Gasteiger partial charge in [0.2, 0.25) is 5.91 Å². The van der Waals surface area contributed by atoms with E-state index in [4.69, 9.17) is 0 Å². The Kier molecular flexibility index (Phi) is 5.21. The Balaban J connectivity index is 1.55. The molecule has 3 heterocycles. The first-order valence-electron chi connectivity index (χ1n) is 9.40. The third kappa shape index (κ3) is 4.17. The standard InChI is InChI=1S/C20H20N8O2/c1-13(2)20-15(22-14-6-4-3-5-7-14)10-19(30)27(26-20)11-18(29)23-16-8-9-17-24-21-12-28(17)25-16/h3-10,12-13,22H,11H2,1-2H3,(H,23,25,29). The topological polar surface area (TPSA) is 119 Å². The van der Waals surface area contributed by atoms with E-state index in [2.05, 4.69) is 31.0 Å². The van der Waals surface area contributed by atoms with Gasteiger partial charge >= 0.3 is 0 Å². The molecule has 30 heavy (non-hydrogen) atoms. The van der Waals surface area contributed by atoms with Crippen LogP contribution in [0, 0.1) is 0 Å². The number of hydrogen-bond acceptors (Lipinski definition) is 7. The summed E-state index contributed by atoms with van der Waals surface area (Å²) in [5.74, 6) is -0.0428. The van der Waals surface area contributed by atoms with E-state index < -0.39 is 5.91 Å². The molecule has 0 aliphatic rings. The lowest BCUT2D eigenvalue weighted by molar-refractivity contribution is -0.117. The minimum Gasteiger partial charge on any atom is -0.354 e. The zero-order chi connectivity index (χ0) is 21.1. The van der Waals surface area contributed by atoms with Crippen molar-refractivity contribution >= 4 is 28.7 Å². The maximum absolute atomic E-state index is 12.6. The Morgan fingerprint density at radius 3 is 2.67 bits per heavy atom. The summed E-state index contributed by atoms with van der Waals surface area (Å²) < 4.78 is 2.60. The highest BCUT2D eigenvalue weighted by Gasteiger charge is 2.15. The minimum absolute atomic E-state index is 0.0453. The molecule has 10 heteroatoms. The molecule has 0 aliphatic carbocycles. The SMILES string of the molecule is CC(C)c1nn(CC(=O)Nc2ccc3nncn3n2)c(=O)cc1Nc1ccccc1. The van der Waals surface area contributed by atoms with Gasteiger partial charge in [-0.1, -0.05) is 32.0 Å². The molecule has 0 bridgehead atoms. The highest BCUT2D eigenvalue weighted by molar-refractivity contribution is 5.89. The molecule has 4 aromatic rings. The van der Waals surface area contributed by atoms with Crippen molar-refractivity contribution in [1.29, 1.82) is 0 Å². The van der Waals surface area contributed by atoms with Gasteiger partial charge in [0.1, 0.15) is 12.9 Å². The van der Waals surface area contributed by atoms with Crippen molar-refractivity contribution in [1.82, 2.24) is 29.6 Å². The van der Waals surface area contributed by atoms with Crippen LogP contribution >= 0.6 is 0 Å². The molecule has 0 radical (unpaired) electrons. The molecule has 152 valence electrons. The van der Waals surface area contributed by atoms with Gasteiger partial charge in [0.05, 0.1) is 11.4 Å². The van der Waals surface area contributed by atoms with Crippen LogP contribution in [0.3, 0.4) is 0 Å². The molecule has 0 spiro atoms. The number of nitrogens with zero attached hydrogens (tertiary/aromatic N) is 6. The van der Waals surface area contributed by atoms with Gasteiger partial charge in [-0.05, 0) is 30.2 Å². The molecule has 1 aromatic carbocycles. The van der Waals surface area contributed by atoms with Crippen molar-refractivity contribution in [3.8, 4) is 0 Å². The molecule has 4 rings (SSSR count). The lowest BCUT2D eigenvalue weighted by Gasteiger charge is -2.15. The van der Waals surface area contributed by atoms with Crippen LogP contribution in [0.2, 0.25) is 0 Å². The Morgan fingerprint density at radius 1 is 1.10 bits per heavy atom. The normalized spacial score (nSPS) is 11.0. The first-order chi connectivity index (χ1) is 14.5. The predicted molar refractivity (Wildman–Crippen MR) is 112 cm³/mol. The second-order valence-electron chi connectivity index (χ2n) is 6.99. The molecular weight excluding hydrogens is 384 g/mol. The van der Waals surface area contributed by atoms with Crippen molar-refractivity contribution in [2.75, 3.05) is 10.6 Å². The van der Waals surface area contributed by atoms with Crippen LogP contribution in [0.25, 0.3) is 5.65 Å². The van der Waals surface area contributed by atoms with Gasteiger partial charge in [-0.3, -0.25) is 9.59 Å². The number of aromatic nitrogens is 6. The summed E-state index contributed by atoms with van der Waals surface area (Å²) in [4.78, 5) is 25.0. The van der Waals surface area contributed by atoms with Gasteiger partial charge in [0, 0.05) is 11.8 Å². The van der Waals surface area contributed by atoms with Crippen LogP contribution in [0.15, 0.2) is 59.7 Å². The third-order valence-electron chi connectivity index (χ3n) is 4.35. The first kappa shape index (κ1) is 19.2. The van der Waals surface area contributed by atoms with E-state index in [9.17, 15) is 9.59 Å². The number of nitrogens with one attached hydrogen (secondary N) is 2. The first-order valence-corrected chi connectivity index (χ1v) is 9.40. The van der Waals surface area contributed by atoms with E-state index in [-0.39, 0.29) is 18.0 Å². The van der Waals surface area contributed by atoms with Crippen molar-refractivity contribution < 1.29 is 4.79 Å². The van der Waals surface area contributed by atoms with Gasteiger partial charge < -0.3 is 10.6 Å². The summed E-state index contributed by atoms with van der Waals surface area (Å²) in [5.41, 5.74) is 2.35. The number of hydrogen-bond donors (Lipinski definition) is 2. The largest absolute Gasteiger partial charge is 0.354 e. The fraction of sp³-hybridized carbons (Fsp3) is 0.200. The summed E-state index contributed by atoms with van der Waals surface area (Å²) in [6.07, 6.45) is 1.43. The van der Waals surface area contributed by atoms with Gasteiger partial charge in [-0.15, -0.1) is 15.3 Å². The molecule has 0 saturated carbocycles. The number of benzene rings is 1. The molecule has 0 fully saturated rings. The number of anilines is 3. The fourth-order valence-electron chi connectivity index (χ4n) is 2.94. The zero-order valence-corrected chi connectivity index (χ0v) is 16.5. The Labute approximate surface area is 171 Å². The van der Waals surface area contributed by atoms with Crippen LogP contribution in [0.5, 0.6) is 0 Å². The summed E-state index contributed by atoms with van der Waals surface area (Å²) in [6, 6.07) is 14.3. The van der Waals surface area contributed by atoms with Gasteiger partial charge in [0.15, 0.2) is 11.5 Å². The number of fused-ring (bicyclic) bond motifs is 1. The highest BCUT2D eigenvalue weighted by Crippen LogP contribution is 2.23. The van der Waals surface area contributed by atoms with Gasteiger partial charge in [-0.2, -0.15) is 9.61 Å². The quantitative estimate of drug-likeness (QED) is 0.505. The van der Waals surface area contributed by atoms with Crippen LogP contribution in [0.1, 0.15) is 25.5 Å². The molecule has 10 nitrogen and oxygen atoms in total. The lowest BCUT2D eigenvalue weighted by Crippen LogP contribution is -2.31. The number of para-hydroxylation sites is 1. The number of amides is 1. The van der Waals surface area contributed by atoms with Crippen LogP contribution in [-0.4, -0.2) is 35.5 Å². The molecule has 0 saturated heterocycles. The number of rotatable bonds is 6. The molecule has 0 atom stereocenters. The summed E-state index contributed by atoms with van der Waals surface area (Å²) in [7, 11) is 0. The zero-order valence-electron chi connectivity index (χ0n) is 16.5. The Bertz CT molecular complexity index is 1250. The molecule has 0 unspecified atom stereocenters. The monoisotopic (exact) mass is 404 g/mol. The van der Waals surface area contributed by atoms with E-state index in [1.165, 1.54) is 16.9 Å². The van der Waals surface area contributed by atoms with E-state index in [1.54, 1.807) is 12.1 Å². The Morgan fingerprint density at radius 2 is 1.90 bits per heavy atom. The van der Waals surface area contributed by atoms with Crippen molar-refractivity contribution in [3.05, 3.63) is 70.9 Å². The van der Waals surface area contributed by atoms with E-state index in [1.807, 2.05) is 44.2 Å². The Hall–Kier alpha value is -4.08. The smallest absolute Gasteiger partial charge is 0.269 e. The second-order valence-corrected chi connectivity index (χ2v) is 6.99. The van der Waals surface area contributed by atoms with Gasteiger partial charge in [0.25, 0.3) is 5.56 Å². The average molecular weight is 404 g/mol. The highest BCUT2D eigenvalue weighted by atomic mass is 16.2. The third-order valence-corrected chi connectivity index (χ3v) is 4.35. The summed E-state index contributed by atoms with van der Waals surface area (Å²) >= 11 is 0. The molecule has 2 N–H and O–H groups in total. The van der Waals surface area contributed by atoms with E-state index >= 15 is 0 Å². The van der Waals surface area contributed by atoms with Crippen LogP contribution in [-0.2, 0) is 11.3 Å². The molecule has 3 aromatic heterocycles. The lowest BCUT2D eigenvalue weighted by atomic mass is 10.1. The van der Waals surface area contributed by atoms with Crippen LogP contribution < -0.4 is 16.2 Å². The van der Waals surface area contributed by atoms with Crippen molar-refractivity contribution in [2.24, 2.45) is 0 Å². The molecule has 0 aliphatic heterocycles. The summed E-state index contributed by atoms with van der Waals surface area (Å²) in [6.45, 7) is 3.73. The maximum atomic E-state index is 12.6. The predicted octanol–water partition coefficient (Wildman–Crippen LogP) is 2.19. The number of carbonyl (C=O) groups excluding carboxylic acids is 1. The molecule has 1 amide bonds. The van der Waals surface area contributed by atoms with Crippen molar-refractivity contribution in [2.45, 2.75) is 26.3 Å². The molecular formula is C20H20N8O2. The minimum atomic E-state index is -0.414. The van der Waals surface area contributed by atoms with Crippen molar-refractivity contribution in [3.63, 3.8) is 0 Å². The van der Waals surface area contributed by atoms with E-state index in [0.717, 1.165) is 10.4 Å². The maximum Gasteiger partial charge on any atom is 0.269 e. The van der Waals surface area contributed by atoms with Crippen LogP contribution in [0.4, 0.5) is 17.2 Å². The number of carbonyl (C=O) groups is 1.